The zero-order chi connectivity index (χ0) is 17.4. The second-order valence-corrected chi connectivity index (χ2v) is 6.72. The Balaban J connectivity index is 2.63. The van der Waals surface area contributed by atoms with E-state index < -0.39 is 0 Å². The fourth-order valence-corrected chi connectivity index (χ4v) is 3.09. The maximum absolute atomic E-state index is 10.9. The topological polar surface area (TPSA) is 58.9 Å². The molecule has 0 saturated heterocycles. The Hall–Kier alpha value is -2.36. The van der Waals surface area contributed by atoms with E-state index >= 15 is 0 Å². The molecule has 0 radical (unpaired) electrons. The zero-order valence-electron chi connectivity index (χ0n) is 14.5. The highest BCUT2D eigenvalue weighted by Crippen LogP contribution is 2.38. The fraction of sp³-hybridized carbons (Fsp3) is 0.368. The van der Waals surface area contributed by atoms with Crippen LogP contribution in [0.1, 0.15) is 47.2 Å². The first-order valence-corrected chi connectivity index (χ1v) is 7.62. The van der Waals surface area contributed by atoms with E-state index in [0.29, 0.717) is 11.4 Å². The number of hydrogen-bond acceptors (Lipinski definition) is 4. The highest BCUT2D eigenvalue weighted by molar-refractivity contribution is 5.59. The van der Waals surface area contributed by atoms with E-state index in [1.807, 2.05) is 52.0 Å². The Morgan fingerprint density at radius 1 is 0.652 bits per heavy atom. The van der Waals surface area contributed by atoms with Gasteiger partial charge in [-0.1, -0.05) is 38.1 Å². The van der Waals surface area contributed by atoms with Crippen LogP contribution in [0, 0.1) is 37.5 Å². The van der Waals surface area contributed by atoms with E-state index in [2.05, 4.69) is 24.2 Å². The molecule has 0 fully saturated rings. The van der Waals surface area contributed by atoms with Crippen molar-refractivity contribution in [2.75, 3.05) is 0 Å². The van der Waals surface area contributed by atoms with Crippen LogP contribution in [-0.4, -0.2) is 0 Å². The third-order valence-electron chi connectivity index (χ3n) is 4.61. The second-order valence-electron chi connectivity index (χ2n) is 6.72. The van der Waals surface area contributed by atoms with Gasteiger partial charge in [-0.05, 0) is 71.4 Å². The Morgan fingerprint density at radius 3 is 1.13 bits per heavy atom. The van der Waals surface area contributed by atoms with Crippen molar-refractivity contribution in [2.24, 2.45) is 10.4 Å². The molecule has 0 aliphatic rings. The first-order valence-electron chi connectivity index (χ1n) is 7.62. The van der Waals surface area contributed by atoms with Gasteiger partial charge in [0.1, 0.15) is 11.4 Å². The molecule has 23 heavy (non-hydrogen) atoms. The van der Waals surface area contributed by atoms with Crippen LogP contribution in [-0.2, 0) is 5.41 Å². The summed E-state index contributed by atoms with van der Waals surface area (Å²) in [5.41, 5.74) is 6.51. The molecule has 0 spiro atoms. The van der Waals surface area contributed by atoms with Crippen LogP contribution in [0.15, 0.2) is 34.6 Å². The van der Waals surface area contributed by atoms with Crippen molar-refractivity contribution in [1.29, 1.82) is 0 Å². The molecule has 2 aromatic carbocycles. The predicted molar refractivity (Wildman–Crippen MR) is 94.9 cm³/mol. The summed E-state index contributed by atoms with van der Waals surface area (Å²) in [6.45, 7) is 11.9. The molecular weight excluding hydrogens is 288 g/mol. The van der Waals surface area contributed by atoms with Gasteiger partial charge in [-0.2, -0.15) is 0 Å². The van der Waals surface area contributed by atoms with Crippen molar-refractivity contribution >= 4 is 11.4 Å². The van der Waals surface area contributed by atoms with Gasteiger partial charge >= 0.3 is 0 Å². The summed E-state index contributed by atoms with van der Waals surface area (Å²) in [6.07, 6.45) is 0. The molecule has 0 aliphatic carbocycles. The van der Waals surface area contributed by atoms with Gasteiger partial charge in [0, 0.05) is 5.41 Å². The van der Waals surface area contributed by atoms with Gasteiger partial charge in [-0.3, -0.25) is 0 Å². The van der Waals surface area contributed by atoms with E-state index in [-0.39, 0.29) is 5.41 Å². The molecule has 4 nitrogen and oxygen atoms in total. The van der Waals surface area contributed by atoms with Gasteiger partial charge in [0.15, 0.2) is 0 Å². The van der Waals surface area contributed by atoms with Gasteiger partial charge in [-0.25, -0.2) is 0 Å². The number of hydrogen-bond donors (Lipinski definition) is 0. The van der Waals surface area contributed by atoms with Crippen molar-refractivity contribution in [1.82, 2.24) is 0 Å². The zero-order valence-corrected chi connectivity index (χ0v) is 14.5. The molecule has 2 aromatic rings. The maximum atomic E-state index is 10.9. The Kier molecular flexibility index (Phi) is 4.46. The van der Waals surface area contributed by atoms with Gasteiger partial charge in [-0.15, -0.1) is 9.81 Å². The minimum atomic E-state index is -0.256. The third kappa shape index (κ3) is 2.93. The molecule has 0 atom stereocenters. The molecule has 120 valence electrons. The molecule has 2 rings (SSSR count). The van der Waals surface area contributed by atoms with Gasteiger partial charge in [0.25, 0.3) is 0 Å². The normalized spacial score (nSPS) is 11.4. The third-order valence-corrected chi connectivity index (χ3v) is 4.61. The van der Waals surface area contributed by atoms with E-state index in [9.17, 15) is 9.81 Å². The summed E-state index contributed by atoms with van der Waals surface area (Å²) in [5.74, 6) is 0. The lowest BCUT2D eigenvalue weighted by molar-refractivity contribution is 0.638. The monoisotopic (exact) mass is 310 g/mol. The Labute approximate surface area is 136 Å². The molecule has 0 unspecified atom stereocenters. The standard InChI is InChI=1S/C19H22N2O2/c1-11-7-15(8-12(2)17(11)20-22)19(5,6)16-9-13(3)18(21-23)14(4)10-16/h7-10H,1-6H3. The van der Waals surface area contributed by atoms with Crippen LogP contribution in [0.4, 0.5) is 11.4 Å². The van der Waals surface area contributed by atoms with Crippen molar-refractivity contribution in [3.63, 3.8) is 0 Å². The van der Waals surface area contributed by atoms with Gasteiger partial charge in [0.2, 0.25) is 0 Å². The first kappa shape index (κ1) is 17.0. The molecule has 0 bridgehead atoms. The maximum Gasteiger partial charge on any atom is 0.113 e. The minimum Gasteiger partial charge on any atom is -0.145 e. The molecule has 0 N–H and O–H groups in total. The van der Waals surface area contributed by atoms with Crippen LogP contribution < -0.4 is 0 Å². The number of aryl methyl sites for hydroxylation is 4. The number of rotatable bonds is 4. The van der Waals surface area contributed by atoms with Crippen molar-refractivity contribution in [2.45, 2.75) is 47.0 Å². The highest BCUT2D eigenvalue weighted by Gasteiger charge is 2.26. The van der Waals surface area contributed by atoms with Gasteiger partial charge in [0.05, 0.1) is 0 Å². The Bertz CT molecular complexity index is 680. The Morgan fingerprint density at radius 2 is 0.913 bits per heavy atom. The van der Waals surface area contributed by atoms with E-state index in [1.165, 1.54) is 0 Å². The number of nitrogens with zero attached hydrogens (tertiary/aromatic N) is 2. The van der Waals surface area contributed by atoms with Crippen LogP contribution in [0.5, 0.6) is 0 Å². The summed E-state index contributed by atoms with van der Waals surface area (Å²) in [6, 6.07) is 8.06. The van der Waals surface area contributed by atoms with Crippen LogP contribution >= 0.6 is 0 Å². The van der Waals surface area contributed by atoms with E-state index in [4.69, 9.17) is 0 Å². The van der Waals surface area contributed by atoms with Crippen LogP contribution in [0.2, 0.25) is 0 Å². The molecule has 4 heteroatoms. The largest absolute Gasteiger partial charge is 0.145 e. The van der Waals surface area contributed by atoms with Crippen LogP contribution in [0.3, 0.4) is 0 Å². The van der Waals surface area contributed by atoms with Crippen molar-refractivity contribution in [3.05, 3.63) is 67.5 Å². The number of benzene rings is 2. The van der Waals surface area contributed by atoms with Crippen molar-refractivity contribution < 1.29 is 0 Å². The average Bonchev–Trinajstić information content (AvgIpc) is 2.46. The first-order chi connectivity index (χ1) is 10.7. The molecule has 0 aliphatic heterocycles. The van der Waals surface area contributed by atoms with E-state index in [0.717, 1.165) is 33.4 Å². The summed E-state index contributed by atoms with van der Waals surface area (Å²) in [7, 11) is 0. The number of nitroso groups, excluding NO2 is 2. The van der Waals surface area contributed by atoms with Crippen LogP contribution in [0.25, 0.3) is 0 Å². The quantitative estimate of drug-likeness (QED) is 0.646. The molecule has 0 saturated carbocycles. The SMILES string of the molecule is Cc1cc(C(C)(C)c2cc(C)c(N=O)c(C)c2)cc(C)c1N=O. The highest BCUT2D eigenvalue weighted by atomic mass is 16.3. The minimum absolute atomic E-state index is 0.256. The lowest BCUT2D eigenvalue weighted by Gasteiger charge is -2.28. The average molecular weight is 310 g/mol. The molecular formula is C19H22N2O2. The summed E-state index contributed by atoms with van der Waals surface area (Å²) < 4.78 is 0. The predicted octanol–water partition coefficient (Wildman–Crippen LogP) is 6.04. The fourth-order valence-electron chi connectivity index (χ4n) is 3.09. The summed E-state index contributed by atoms with van der Waals surface area (Å²) >= 11 is 0. The summed E-state index contributed by atoms with van der Waals surface area (Å²) in [5, 5.41) is 6.24. The molecule has 0 aromatic heterocycles. The lowest BCUT2D eigenvalue weighted by Crippen LogP contribution is -2.19. The van der Waals surface area contributed by atoms with E-state index in [1.54, 1.807) is 0 Å². The summed E-state index contributed by atoms with van der Waals surface area (Å²) in [4.78, 5) is 21.9. The van der Waals surface area contributed by atoms with Crippen molar-refractivity contribution in [3.8, 4) is 0 Å². The molecule has 0 amide bonds. The lowest BCUT2D eigenvalue weighted by atomic mass is 9.76. The smallest absolute Gasteiger partial charge is 0.113 e. The van der Waals surface area contributed by atoms with Gasteiger partial charge < -0.3 is 0 Å². The second kappa shape index (κ2) is 6.03. The molecule has 0 heterocycles.